The molecule has 1 aliphatic rings. The van der Waals surface area contributed by atoms with E-state index in [4.69, 9.17) is 10.5 Å². The Labute approximate surface area is 180 Å². The molecule has 4 N–H and O–H groups in total. The minimum atomic E-state index is -1.16. The maximum atomic E-state index is 13.8. The van der Waals surface area contributed by atoms with Crippen LogP contribution in [0.3, 0.4) is 0 Å². The lowest BCUT2D eigenvalue weighted by molar-refractivity contribution is -0.120. The number of hydrogen-bond donors (Lipinski definition) is 3. The minimum Gasteiger partial charge on any atom is -0.484 e. The maximum Gasteiger partial charge on any atom is 0.346 e. The van der Waals surface area contributed by atoms with Crippen molar-refractivity contribution in [3.63, 3.8) is 0 Å². The van der Waals surface area contributed by atoms with Gasteiger partial charge in [-0.1, -0.05) is 24.3 Å². The minimum absolute atomic E-state index is 0.0175. The van der Waals surface area contributed by atoms with Gasteiger partial charge < -0.3 is 20.9 Å². The van der Waals surface area contributed by atoms with E-state index in [0.29, 0.717) is 21.9 Å². The van der Waals surface area contributed by atoms with Crippen LogP contribution in [0.4, 0.5) is 10.1 Å². The van der Waals surface area contributed by atoms with E-state index in [9.17, 15) is 23.9 Å². The number of primary amides is 1. The van der Waals surface area contributed by atoms with Gasteiger partial charge in [-0.15, -0.1) is 11.3 Å². The monoisotopic (exact) mass is 440 g/mol. The Hall–Kier alpha value is -3.72. The predicted octanol–water partition coefficient (Wildman–Crippen LogP) is 3.59. The van der Waals surface area contributed by atoms with Crippen LogP contribution in [-0.4, -0.2) is 29.5 Å². The van der Waals surface area contributed by atoms with Crippen LogP contribution >= 0.6 is 11.3 Å². The van der Waals surface area contributed by atoms with E-state index in [0.717, 1.165) is 16.9 Å². The van der Waals surface area contributed by atoms with E-state index in [1.54, 1.807) is 30.3 Å². The Balaban J connectivity index is 1.83. The summed E-state index contributed by atoms with van der Waals surface area (Å²) in [5.74, 6) is -2.59. The molecule has 1 unspecified atom stereocenters. The number of benzene rings is 2. The van der Waals surface area contributed by atoms with Crippen molar-refractivity contribution >= 4 is 34.8 Å². The second-order valence-corrected chi connectivity index (χ2v) is 8.05. The molecule has 9 heteroatoms. The Morgan fingerprint density at radius 3 is 2.71 bits per heavy atom. The highest BCUT2D eigenvalue weighted by molar-refractivity contribution is 7.15. The molecule has 0 bridgehead atoms. The van der Waals surface area contributed by atoms with E-state index < -0.39 is 23.6 Å². The van der Waals surface area contributed by atoms with Crippen molar-refractivity contribution in [1.29, 1.82) is 0 Å². The van der Waals surface area contributed by atoms with Gasteiger partial charge in [0.25, 0.3) is 5.91 Å². The number of carbonyl (C=O) groups is 3. The molecule has 0 aliphatic carbocycles. The zero-order chi connectivity index (χ0) is 22.1. The first kappa shape index (κ1) is 20.5. The largest absolute Gasteiger partial charge is 0.484 e. The normalized spacial score (nSPS) is 15.1. The summed E-state index contributed by atoms with van der Waals surface area (Å²) in [5.41, 5.74) is 6.87. The molecule has 2 heterocycles. The van der Waals surface area contributed by atoms with E-state index in [1.165, 1.54) is 18.2 Å². The third-order valence-corrected chi connectivity index (χ3v) is 6.15. The topological polar surface area (TPSA) is 119 Å². The summed E-state index contributed by atoms with van der Waals surface area (Å²) < 4.78 is 19.2. The lowest BCUT2D eigenvalue weighted by atomic mass is 9.88. The lowest BCUT2D eigenvalue weighted by Crippen LogP contribution is -2.22. The number of nitrogens with two attached hydrogens (primary N) is 1. The molecule has 31 heavy (non-hydrogen) atoms. The molecular weight excluding hydrogens is 423 g/mol. The van der Waals surface area contributed by atoms with Crippen molar-refractivity contribution in [2.24, 2.45) is 5.73 Å². The highest BCUT2D eigenvalue weighted by Crippen LogP contribution is 2.49. The summed E-state index contributed by atoms with van der Waals surface area (Å²) in [4.78, 5) is 36.2. The number of thiophene rings is 1. The Kier molecular flexibility index (Phi) is 5.43. The zero-order valence-corrected chi connectivity index (χ0v) is 16.9. The predicted molar refractivity (Wildman–Crippen MR) is 113 cm³/mol. The molecule has 4 rings (SSSR count). The highest BCUT2D eigenvalue weighted by Gasteiger charge is 2.34. The van der Waals surface area contributed by atoms with E-state index in [-0.39, 0.29) is 29.4 Å². The number of fused-ring (bicyclic) bond motifs is 1. The van der Waals surface area contributed by atoms with Crippen LogP contribution in [0, 0.1) is 5.82 Å². The number of aromatic carboxylic acids is 1. The summed E-state index contributed by atoms with van der Waals surface area (Å²) in [7, 11) is 0. The molecule has 158 valence electrons. The Morgan fingerprint density at radius 2 is 2.00 bits per heavy atom. The lowest BCUT2D eigenvalue weighted by Gasteiger charge is -2.24. The van der Waals surface area contributed by atoms with Gasteiger partial charge in [0, 0.05) is 22.8 Å². The van der Waals surface area contributed by atoms with Crippen molar-refractivity contribution in [2.75, 3.05) is 11.9 Å². The smallest absolute Gasteiger partial charge is 0.346 e. The molecule has 0 saturated carbocycles. The average molecular weight is 440 g/mol. The number of carboxylic acid groups (broad SMARTS) is 1. The Morgan fingerprint density at radius 1 is 1.23 bits per heavy atom. The number of halogens is 1. The number of amides is 2. The van der Waals surface area contributed by atoms with Crippen LogP contribution in [0.25, 0.3) is 11.1 Å². The zero-order valence-electron chi connectivity index (χ0n) is 16.1. The molecule has 0 fully saturated rings. The molecule has 0 spiro atoms. The summed E-state index contributed by atoms with van der Waals surface area (Å²) in [6.45, 7) is -0.286. The number of anilines is 1. The standard InChI is InChI=1S/C22H17FN2O5S/c23-13-5-1-4-12(7-13)18-19-20(31-21(18)22(28)29)15(9-17(27)25-19)11-3-2-6-14(8-11)30-10-16(24)26/h1-8,15H,9-10H2,(H2,24,26)(H,25,27)(H,28,29). The van der Waals surface area contributed by atoms with Crippen LogP contribution in [-0.2, 0) is 9.59 Å². The fraction of sp³-hybridized carbons (Fsp3) is 0.136. The van der Waals surface area contributed by atoms with E-state index in [2.05, 4.69) is 5.32 Å². The van der Waals surface area contributed by atoms with Crippen LogP contribution < -0.4 is 15.8 Å². The fourth-order valence-corrected chi connectivity index (χ4v) is 4.85. The van der Waals surface area contributed by atoms with Gasteiger partial charge in [0.05, 0.1) is 5.69 Å². The number of rotatable bonds is 6. The van der Waals surface area contributed by atoms with Gasteiger partial charge in [-0.25, -0.2) is 9.18 Å². The number of hydrogen-bond acceptors (Lipinski definition) is 5. The summed E-state index contributed by atoms with van der Waals surface area (Å²) >= 11 is 1.05. The molecule has 3 aromatic rings. The number of ether oxygens (including phenoxy) is 1. The molecule has 1 aromatic heterocycles. The number of carbonyl (C=O) groups excluding carboxylic acids is 2. The Bertz CT molecular complexity index is 1210. The average Bonchev–Trinajstić information content (AvgIpc) is 3.11. The summed E-state index contributed by atoms with van der Waals surface area (Å²) in [5, 5.41) is 12.5. The van der Waals surface area contributed by atoms with Crippen molar-refractivity contribution in [3.8, 4) is 16.9 Å². The maximum absolute atomic E-state index is 13.8. The van der Waals surface area contributed by atoms with Gasteiger partial charge in [-0.2, -0.15) is 0 Å². The molecular formula is C22H17FN2O5S. The molecule has 7 nitrogen and oxygen atoms in total. The quantitative estimate of drug-likeness (QED) is 0.541. The second-order valence-electron chi connectivity index (χ2n) is 6.99. The van der Waals surface area contributed by atoms with Gasteiger partial charge in [-0.05, 0) is 35.4 Å². The van der Waals surface area contributed by atoms with Gasteiger partial charge in [-0.3, -0.25) is 9.59 Å². The molecule has 2 aromatic carbocycles. The van der Waals surface area contributed by atoms with Crippen molar-refractivity contribution < 1.29 is 28.6 Å². The van der Waals surface area contributed by atoms with Gasteiger partial charge in [0.1, 0.15) is 16.4 Å². The van der Waals surface area contributed by atoms with Gasteiger partial charge in [0.2, 0.25) is 5.91 Å². The van der Waals surface area contributed by atoms with Gasteiger partial charge >= 0.3 is 5.97 Å². The fourth-order valence-electron chi connectivity index (χ4n) is 3.60. The highest BCUT2D eigenvalue weighted by atomic mass is 32.1. The van der Waals surface area contributed by atoms with Crippen LogP contribution in [0.1, 0.15) is 32.5 Å². The SMILES string of the molecule is NC(=O)COc1cccc(C2CC(=O)Nc3c2sc(C(=O)O)c3-c2cccc(F)c2)c1. The van der Waals surface area contributed by atoms with E-state index >= 15 is 0 Å². The van der Waals surface area contributed by atoms with Gasteiger partial charge in [0.15, 0.2) is 6.61 Å². The molecule has 2 amide bonds. The first-order valence-corrected chi connectivity index (χ1v) is 10.1. The molecule has 1 atom stereocenters. The van der Waals surface area contributed by atoms with Crippen molar-refractivity contribution in [2.45, 2.75) is 12.3 Å². The molecule has 1 aliphatic heterocycles. The van der Waals surface area contributed by atoms with Crippen LogP contribution in [0.15, 0.2) is 48.5 Å². The van der Waals surface area contributed by atoms with Crippen molar-refractivity contribution in [1.82, 2.24) is 0 Å². The van der Waals surface area contributed by atoms with Crippen molar-refractivity contribution in [3.05, 3.63) is 69.7 Å². The first-order chi connectivity index (χ1) is 14.8. The summed E-state index contributed by atoms with van der Waals surface area (Å²) in [6, 6.07) is 12.5. The third-order valence-electron chi connectivity index (χ3n) is 4.86. The number of nitrogens with one attached hydrogen (secondary N) is 1. The van der Waals surface area contributed by atoms with Crippen LogP contribution in [0.5, 0.6) is 5.75 Å². The second kappa shape index (κ2) is 8.19. The summed E-state index contributed by atoms with van der Waals surface area (Å²) in [6.07, 6.45) is 0.106. The molecule has 0 saturated heterocycles. The first-order valence-electron chi connectivity index (χ1n) is 9.30. The van der Waals surface area contributed by atoms with Crippen LogP contribution in [0.2, 0.25) is 0 Å². The number of carboxylic acids is 1. The third kappa shape index (κ3) is 4.13. The molecule has 0 radical (unpaired) electrons. The van der Waals surface area contributed by atoms with E-state index in [1.807, 2.05) is 0 Å².